The Morgan fingerprint density at radius 3 is 2.41 bits per heavy atom. The van der Waals surface area contributed by atoms with Gasteiger partial charge >= 0.3 is 5.97 Å². The van der Waals surface area contributed by atoms with E-state index in [1.807, 2.05) is 38.1 Å². The Labute approximate surface area is 133 Å². The quantitative estimate of drug-likeness (QED) is 0.734. The summed E-state index contributed by atoms with van der Waals surface area (Å²) in [5.41, 5.74) is 4.55. The smallest absolute Gasteiger partial charge is 0.336 e. The predicted molar refractivity (Wildman–Crippen MR) is 88.6 cm³/mol. The SMILES string of the molecule is Cc1ccc2c(C(=O)O)cc(-c3ccc(Cl)cc3)nc2c1C. The van der Waals surface area contributed by atoms with Gasteiger partial charge in [-0.2, -0.15) is 0 Å². The molecule has 0 fully saturated rings. The highest BCUT2D eigenvalue weighted by Crippen LogP contribution is 2.28. The molecule has 0 amide bonds. The first-order valence-corrected chi connectivity index (χ1v) is 7.25. The zero-order valence-electron chi connectivity index (χ0n) is 12.2. The van der Waals surface area contributed by atoms with Crippen LogP contribution in [0.15, 0.2) is 42.5 Å². The fraction of sp³-hybridized carbons (Fsp3) is 0.111. The summed E-state index contributed by atoms with van der Waals surface area (Å²) in [7, 11) is 0. The number of rotatable bonds is 2. The largest absolute Gasteiger partial charge is 0.478 e. The van der Waals surface area contributed by atoms with Gasteiger partial charge in [-0.25, -0.2) is 9.78 Å². The van der Waals surface area contributed by atoms with Crippen molar-refractivity contribution in [2.24, 2.45) is 0 Å². The zero-order valence-corrected chi connectivity index (χ0v) is 13.0. The zero-order chi connectivity index (χ0) is 15.9. The van der Waals surface area contributed by atoms with Gasteiger partial charge in [0.25, 0.3) is 0 Å². The number of aromatic carboxylic acids is 1. The number of fused-ring (bicyclic) bond motifs is 1. The minimum atomic E-state index is -0.953. The van der Waals surface area contributed by atoms with E-state index in [-0.39, 0.29) is 5.56 Å². The number of aromatic nitrogens is 1. The van der Waals surface area contributed by atoms with Crippen molar-refractivity contribution in [2.45, 2.75) is 13.8 Å². The number of carboxylic acids is 1. The first-order valence-electron chi connectivity index (χ1n) is 6.87. The van der Waals surface area contributed by atoms with Gasteiger partial charge in [-0.15, -0.1) is 0 Å². The molecule has 2 aromatic carbocycles. The third-order valence-electron chi connectivity index (χ3n) is 3.88. The minimum absolute atomic E-state index is 0.262. The van der Waals surface area contributed by atoms with Crippen LogP contribution >= 0.6 is 11.6 Å². The van der Waals surface area contributed by atoms with Crippen LogP contribution in [0.2, 0.25) is 5.02 Å². The average Bonchev–Trinajstić information content (AvgIpc) is 2.51. The molecule has 0 aliphatic heterocycles. The van der Waals surface area contributed by atoms with E-state index in [9.17, 15) is 9.90 Å². The van der Waals surface area contributed by atoms with Crippen molar-refractivity contribution < 1.29 is 9.90 Å². The molecule has 0 unspecified atom stereocenters. The van der Waals surface area contributed by atoms with Crippen LogP contribution in [0.4, 0.5) is 0 Å². The van der Waals surface area contributed by atoms with Crippen LogP contribution in [-0.2, 0) is 0 Å². The summed E-state index contributed by atoms with van der Waals surface area (Å²) in [6.45, 7) is 3.95. The van der Waals surface area contributed by atoms with Crippen molar-refractivity contribution in [1.29, 1.82) is 0 Å². The molecule has 3 aromatic rings. The van der Waals surface area contributed by atoms with Gasteiger partial charge in [0.1, 0.15) is 0 Å². The van der Waals surface area contributed by atoms with E-state index < -0.39 is 5.97 Å². The third-order valence-corrected chi connectivity index (χ3v) is 4.13. The minimum Gasteiger partial charge on any atom is -0.478 e. The van der Waals surface area contributed by atoms with Crippen LogP contribution in [-0.4, -0.2) is 16.1 Å². The maximum atomic E-state index is 11.6. The van der Waals surface area contributed by atoms with Crippen LogP contribution in [0.1, 0.15) is 21.5 Å². The molecule has 1 aromatic heterocycles. The molecule has 0 atom stereocenters. The Balaban J connectivity index is 2.35. The summed E-state index contributed by atoms with van der Waals surface area (Å²) in [4.78, 5) is 16.3. The lowest BCUT2D eigenvalue weighted by atomic mass is 9.99. The summed E-state index contributed by atoms with van der Waals surface area (Å²) >= 11 is 5.91. The third kappa shape index (κ3) is 2.44. The second-order valence-corrected chi connectivity index (χ2v) is 5.71. The Hall–Kier alpha value is -2.39. The number of nitrogens with zero attached hydrogens (tertiary/aromatic N) is 1. The van der Waals surface area contributed by atoms with Gasteiger partial charge in [0.2, 0.25) is 0 Å². The normalized spacial score (nSPS) is 10.9. The average molecular weight is 312 g/mol. The maximum Gasteiger partial charge on any atom is 0.336 e. The summed E-state index contributed by atoms with van der Waals surface area (Å²) in [5.74, 6) is -0.953. The molecule has 0 bridgehead atoms. The number of halogens is 1. The molecule has 3 nitrogen and oxygen atoms in total. The predicted octanol–water partition coefficient (Wildman–Crippen LogP) is 4.87. The molecule has 0 aliphatic rings. The molecule has 22 heavy (non-hydrogen) atoms. The highest BCUT2D eigenvalue weighted by Gasteiger charge is 2.15. The van der Waals surface area contributed by atoms with E-state index in [0.29, 0.717) is 16.1 Å². The van der Waals surface area contributed by atoms with E-state index in [1.54, 1.807) is 18.2 Å². The topological polar surface area (TPSA) is 50.2 Å². The van der Waals surface area contributed by atoms with Crippen LogP contribution in [0, 0.1) is 13.8 Å². The lowest BCUT2D eigenvalue weighted by Gasteiger charge is -2.11. The molecule has 0 saturated heterocycles. The maximum absolute atomic E-state index is 11.6. The molecule has 1 heterocycles. The summed E-state index contributed by atoms with van der Waals surface area (Å²) < 4.78 is 0. The van der Waals surface area contributed by atoms with E-state index in [2.05, 4.69) is 4.98 Å². The summed E-state index contributed by atoms with van der Waals surface area (Å²) in [5, 5.41) is 10.8. The van der Waals surface area contributed by atoms with Crippen molar-refractivity contribution in [3.05, 3.63) is 64.2 Å². The van der Waals surface area contributed by atoms with Gasteiger partial charge in [0.05, 0.1) is 16.8 Å². The molecular weight excluding hydrogens is 298 g/mol. The Morgan fingerprint density at radius 1 is 1.09 bits per heavy atom. The summed E-state index contributed by atoms with van der Waals surface area (Å²) in [6.07, 6.45) is 0. The molecule has 110 valence electrons. The highest BCUT2D eigenvalue weighted by atomic mass is 35.5. The van der Waals surface area contributed by atoms with Crippen molar-refractivity contribution in [3.8, 4) is 11.3 Å². The van der Waals surface area contributed by atoms with Gasteiger partial charge in [0, 0.05) is 16.0 Å². The second kappa shape index (κ2) is 5.43. The van der Waals surface area contributed by atoms with Gasteiger partial charge in [-0.05, 0) is 43.2 Å². The number of aryl methyl sites for hydroxylation is 2. The fourth-order valence-electron chi connectivity index (χ4n) is 2.48. The molecule has 1 N–H and O–H groups in total. The van der Waals surface area contributed by atoms with E-state index in [1.165, 1.54) is 0 Å². The van der Waals surface area contributed by atoms with Gasteiger partial charge in [0.15, 0.2) is 0 Å². The van der Waals surface area contributed by atoms with Crippen LogP contribution in [0.3, 0.4) is 0 Å². The van der Waals surface area contributed by atoms with Crippen LogP contribution < -0.4 is 0 Å². The van der Waals surface area contributed by atoms with Crippen LogP contribution in [0.25, 0.3) is 22.2 Å². The number of pyridine rings is 1. The Kier molecular flexibility index (Phi) is 3.59. The van der Waals surface area contributed by atoms with Crippen molar-refractivity contribution in [2.75, 3.05) is 0 Å². The molecule has 0 aliphatic carbocycles. The van der Waals surface area contributed by atoms with Crippen molar-refractivity contribution in [1.82, 2.24) is 4.98 Å². The second-order valence-electron chi connectivity index (χ2n) is 5.27. The number of benzene rings is 2. The van der Waals surface area contributed by atoms with Crippen LogP contribution in [0.5, 0.6) is 0 Å². The number of hydrogen-bond acceptors (Lipinski definition) is 2. The molecule has 0 radical (unpaired) electrons. The summed E-state index contributed by atoms with van der Waals surface area (Å²) in [6, 6.07) is 12.6. The first-order chi connectivity index (χ1) is 10.5. The van der Waals surface area contributed by atoms with Crippen molar-refractivity contribution in [3.63, 3.8) is 0 Å². The standard InChI is InChI=1S/C18H14ClNO2/c1-10-3-8-14-15(18(21)22)9-16(20-17(14)11(10)2)12-4-6-13(19)7-5-12/h3-9H,1-2H3,(H,21,22). The monoisotopic (exact) mass is 311 g/mol. The highest BCUT2D eigenvalue weighted by molar-refractivity contribution is 6.30. The first kappa shape index (κ1) is 14.5. The Morgan fingerprint density at radius 2 is 1.77 bits per heavy atom. The molecule has 0 saturated carbocycles. The number of carbonyl (C=O) groups is 1. The molecular formula is C18H14ClNO2. The van der Waals surface area contributed by atoms with Gasteiger partial charge in [-0.3, -0.25) is 0 Å². The lowest BCUT2D eigenvalue weighted by molar-refractivity contribution is 0.0699. The van der Waals surface area contributed by atoms with E-state index in [4.69, 9.17) is 11.6 Å². The lowest BCUT2D eigenvalue weighted by Crippen LogP contribution is -2.01. The van der Waals surface area contributed by atoms with E-state index >= 15 is 0 Å². The fourth-order valence-corrected chi connectivity index (χ4v) is 2.60. The van der Waals surface area contributed by atoms with E-state index in [0.717, 1.165) is 22.2 Å². The van der Waals surface area contributed by atoms with Gasteiger partial charge in [-0.1, -0.05) is 35.9 Å². The van der Waals surface area contributed by atoms with Crippen molar-refractivity contribution >= 4 is 28.5 Å². The number of hydrogen-bond donors (Lipinski definition) is 1. The number of carboxylic acid groups (broad SMARTS) is 1. The molecule has 4 heteroatoms. The molecule has 3 rings (SSSR count). The van der Waals surface area contributed by atoms with Gasteiger partial charge < -0.3 is 5.11 Å². The Bertz CT molecular complexity index is 886. The molecule has 0 spiro atoms.